The minimum Gasteiger partial charge on any atom is -0.361 e. The SMILES string of the molecule is Cn1cc(-c2nc(Cl)nc3c2ccn3COCC[Si](C)(C)C)c2ccccc21. The van der Waals surface area contributed by atoms with Crippen LogP contribution in [0.15, 0.2) is 42.7 Å². The van der Waals surface area contributed by atoms with Crippen molar-refractivity contribution in [3.05, 3.63) is 48.0 Å². The van der Waals surface area contributed by atoms with Gasteiger partial charge in [-0.15, -0.1) is 0 Å². The van der Waals surface area contributed by atoms with Crippen LogP contribution in [0.5, 0.6) is 0 Å². The predicted molar refractivity (Wildman–Crippen MR) is 119 cm³/mol. The molecule has 5 nitrogen and oxygen atoms in total. The number of aromatic nitrogens is 4. The molecule has 0 N–H and O–H groups in total. The Balaban J connectivity index is 1.72. The van der Waals surface area contributed by atoms with Gasteiger partial charge < -0.3 is 13.9 Å². The number of ether oxygens (including phenoxy) is 1. The monoisotopic (exact) mass is 412 g/mol. The molecule has 0 saturated heterocycles. The molecule has 0 unspecified atom stereocenters. The molecule has 0 aliphatic carbocycles. The Labute approximate surface area is 170 Å². The fourth-order valence-electron chi connectivity index (χ4n) is 3.42. The fourth-order valence-corrected chi connectivity index (χ4v) is 4.34. The Morgan fingerprint density at radius 2 is 1.86 bits per heavy atom. The van der Waals surface area contributed by atoms with Gasteiger partial charge in [-0.05, 0) is 29.8 Å². The summed E-state index contributed by atoms with van der Waals surface area (Å²) >= 11 is 6.30. The molecule has 3 aromatic heterocycles. The van der Waals surface area contributed by atoms with E-state index in [1.165, 1.54) is 0 Å². The number of nitrogens with zero attached hydrogens (tertiary/aromatic N) is 4. The molecule has 0 atom stereocenters. The van der Waals surface area contributed by atoms with Crippen LogP contribution in [0.2, 0.25) is 31.0 Å². The van der Waals surface area contributed by atoms with Gasteiger partial charge in [-0.3, -0.25) is 0 Å². The van der Waals surface area contributed by atoms with Crippen LogP contribution in [0.3, 0.4) is 0 Å². The van der Waals surface area contributed by atoms with E-state index in [0.717, 1.165) is 45.8 Å². The molecule has 28 heavy (non-hydrogen) atoms. The molecule has 7 heteroatoms. The second kappa shape index (κ2) is 7.35. The van der Waals surface area contributed by atoms with Gasteiger partial charge in [-0.25, -0.2) is 4.98 Å². The Kier molecular flexibility index (Phi) is 5.03. The maximum absolute atomic E-state index is 6.30. The first-order chi connectivity index (χ1) is 13.3. The quantitative estimate of drug-likeness (QED) is 0.237. The second-order valence-corrected chi connectivity index (χ2v) is 14.3. The summed E-state index contributed by atoms with van der Waals surface area (Å²) in [7, 11) is 0.943. The van der Waals surface area contributed by atoms with Gasteiger partial charge >= 0.3 is 0 Å². The van der Waals surface area contributed by atoms with Crippen LogP contribution >= 0.6 is 11.6 Å². The molecule has 0 radical (unpaired) electrons. The fraction of sp³-hybridized carbons (Fsp3) is 0.333. The number of benzene rings is 1. The number of halogens is 1. The van der Waals surface area contributed by atoms with Crippen molar-refractivity contribution in [3.8, 4) is 11.3 Å². The van der Waals surface area contributed by atoms with Crippen LogP contribution in [0.4, 0.5) is 0 Å². The van der Waals surface area contributed by atoms with Crippen LogP contribution in [-0.4, -0.2) is 33.8 Å². The molecule has 0 amide bonds. The molecule has 0 saturated carbocycles. The molecular weight excluding hydrogens is 388 g/mol. The second-order valence-electron chi connectivity index (χ2n) is 8.38. The number of aryl methyl sites for hydroxylation is 1. The Morgan fingerprint density at radius 3 is 2.64 bits per heavy atom. The Morgan fingerprint density at radius 1 is 1.07 bits per heavy atom. The largest absolute Gasteiger partial charge is 0.361 e. The third-order valence-corrected chi connectivity index (χ3v) is 6.84. The van der Waals surface area contributed by atoms with Crippen molar-refractivity contribution in [3.63, 3.8) is 0 Å². The zero-order valence-corrected chi connectivity index (χ0v) is 18.5. The van der Waals surface area contributed by atoms with Crippen LogP contribution in [0.1, 0.15) is 0 Å². The smallest absolute Gasteiger partial charge is 0.224 e. The van der Waals surface area contributed by atoms with Gasteiger partial charge in [0.1, 0.15) is 12.4 Å². The molecule has 0 aliphatic heterocycles. The van der Waals surface area contributed by atoms with Crippen molar-refractivity contribution in [1.82, 2.24) is 19.1 Å². The standard InChI is InChI=1S/C21H25ClN4OSi/c1-25-13-17(15-7-5-6-8-18(15)25)19-16-9-10-26(20(16)24-21(22)23-19)14-27-11-12-28(2,3)4/h5-10,13H,11-12,14H2,1-4H3. The summed E-state index contributed by atoms with van der Waals surface area (Å²) in [5.41, 5.74) is 3.88. The lowest BCUT2D eigenvalue weighted by Gasteiger charge is -2.15. The van der Waals surface area contributed by atoms with Crippen molar-refractivity contribution in [2.45, 2.75) is 32.4 Å². The summed E-state index contributed by atoms with van der Waals surface area (Å²) in [6.07, 6.45) is 4.10. The number of fused-ring (bicyclic) bond motifs is 2. The van der Waals surface area contributed by atoms with E-state index in [1.807, 2.05) is 36.0 Å². The molecule has 3 heterocycles. The average Bonchev–Trinajstić information content (AvgIpc) is 3.19. The van der Waals surface area contributed by atoms with Gasteiger partial charge in [0.15, 0.2) is 0 Å². The molecule has 146 valence electrons. The first-order valence-corrected chi connectivity index (χ1v) is 13.6. The van der Waals surface area contributed by atoms with Crippen molar-refractivity contribution >= 4 is 41.6 Å². The molecule has 4 rings (SSSR count). The summed E-state index contributed by atoms with van der Waals surface area (Å²) in [5.74, 6) is 0. The lowest BCUT2D eigenvalue weighted by atomic mass is 10.1. The lowest BCUT2D eigenvalue weighted by molar-refractivity contribution is 0.0899. The highest BCUT2D eigenvalue weighted by molar-refractivity contribution is 6.76. The zero-order chi connectivity index (χ0) is 19.9. The Hall–Kier alpha value is -2.15. The van der Waals surface area contributed by atoms with E-state index >= 15 is 0 Å². The maximum Gasteiger partial charge on any atom is 0.224 e. The van der Waals surface area contributed by atoms with Crippen molar-refractivity contribution in [1.29, 1.82) is 0 Å². The predicted octanol–water partition coefficient (Wildman–Crippen LogP) is 5.56. The van der Waals surface area contributed by atoms with E-state index in [9.17, 15) is 0 Å². The van der Waals surface area contributed by atoms with Gasteiger partial charge in [0.2, 0.25) is 5.28 Å². The molecule has 4 aromatic rings. The van der Waals surface area contributed by atoms with Gasteiger partial charge in [0.25, 0.3) is 0 Å². The summed E-state index contributed by atoms with van der Waals surface area (Å²) in [6.45, 7) is 8.29. The van der Waals surface area contributed by atoms with Crippen molar-refractivity contribution < 1.29 is 4.74 Å². The van der Waals surface area contributed by atoms with Crippen molar-refractivity contribution in [2.75, 3.05) is 6.61 Å². The van der Waals surface area contributed by atoms with E-state index in [2.05, 4.69) is 52.5 Å². The van der Waals surface area contributed by atoms with Gasteiger partial charge in [-0.1, -0.05) is 37.8 Å². The number of hydrogen-bond acceptors (Lipinski definition) is 3. The summed E-state index contributed by atoms with van der Waals surface area (Å²) in [4.78, 5) is 9.04. The molecule has 1 aromatic carbocycles. The van der Waals surface area contributed by atoms with Gasteiger partial charge in [-0.2, -0.15) is 4.98 Å². The van der Waals surface area contributed by atoms with Gasteiger partial charge in [0, 0.05) is 56.0 Å². The minimum absolute atomic E-state index is 0.248. The minimum atomic E-state index is -1.10. The van der Waals surface area contributed by atoms with Crippen molar-refractivity contribution in [2.24, 2.45) is 7.05 Å². The third kappa shape index (κ3) is 3.72. The normalized spacial score (nSPS) is 12.3. The zero-order valence-electron chi connectivity index (χ0n) is 16.7. The topological polar surface area (TPSA) is 44.9 Å². The van der Waals surface area contributed by atoms with Crippen LogP contribution in [0.25, 0.3) is 33.2 Å². The Bertz CT molecular complexity index is 1140. The summed E-state index contributed by atoms with van der Waals surface area (Å²) in [6, 6.07) is 11.5. The first kappa shape index (κ1) is 19.2. The van der Waals surface area contributed by atoms with Crippen LogP contribution < -0.4 is 0 Å². The molecular formula is C21H25ClN4OSi. The van der Waals surface area contributed by atoms with E-state index in [1.54, 1.807) is 0 Å². The third-order valence-electron chi connectivity index (χ3n) is 4.97. The lowest BCUT2D eigenvalue weighted by Crippen LogP contribution is -2.22. The van der Waals surface area contributed by atoms with E-state index < -0.39 is 8.07 Å². The molecule has 0 bridgehead atoms. The van der Waals surface area contributed by atoms with Gasteiger partial charge in [0.05, 0.1) is 5.69 Å². The molecule has 0 aliphatic rings. The molecule has 0 spiro atoms. The van der Waals surface area contributed by atoms with E-state index in [-0.39, 0.29) is 5.28 Å². The number of para-hydroxylation sites is 1. The number of hydrogen-bond donors (Lipinski definition) is 0. The van der Waals surface area contributed by atoms with E-state index in [4.69, 9.17) is 16.3 Å². The highest BCUT2D eigenvalue weighted by Gasteiger charge is 2.17. The maximum atomic E-state index is 6.30. The highest BCUT2D eigenvalue weighted by Crippen LogP contribution is 2.34. The number of rotatable bonds is 6. The average molecular weight is 413 g/mol. The van der Waals surface area contributed by atoms with Crippen LogP contribution in [0, 0.1) is 0 Å². The summed E-state index contributed by atoms with van der Waals surface area (Å²) in [5, 5.41) is 2.38. The summed E-state index contributed by atoms with van der Waals surface area (Å²) < 4.78 is 10.0. The van der Waals surface area contributed by atoms with Crippen LogP contribution in [-0.2, 0) is 18.5 Å². The van der Waals surface area contributed by atoms with E-state index in [0.29, 0.717) is 6.73 Å². The molecule has 0 fully saturated rings. The first-order valence-electron chi connectivity index (χ1n) is 9.48. The highest BCUT2D eigenvalue weighted by atomic mass is 35.5.